The van der Waals surface area contributed by atoms with Gasteiger partial charge in [0.05, 0.1) is 17.9 Å². The van der Waals surface area contributed by atoms with Crippen LogP contribution in [0.25, 0.3) is 0 Å². The number of nitrogens with zero attached hydrogens (tertiary/aromatic N) is 2. The largest absolute Gasteiger partial charge is 0.592 e. The second kappa shape index (κ2) is 5.71. The van der Waals surface area contributed by atoms with Gasteiger partial charge in [0.15, 0.2) is 5.13 Å². The Hall–Kier alpha value is -1.08. The smallest absolute Gasteiger partial charge is 0.252 e. The van der Waals surface area contributed by atoms with Crippen LogP contribution in [-0.4, -0.2) is 20.9 Å². The first-order valence-electron chi connectivity index (χ1n) is 5.48. The van der Waals surface area contributed by atoms with Crippen molar-refractivity contribution < 1.29 is 4.55 Å². The highest BCUT2D eigenvalue weighted by molar-refractivity contribution is 7.91. The minimum atomic E-state index is -1.21. The zero-order chi connectivity index (χ0) is 13.1. The Morgan fingerprint density at radius 1 is 1.39 bits per heavy atom. The molecule has 0 bridgehead atoms. The molecule has 2 rings (SSSR count). The number of anilines is 1. The number of benzene rings is 1. The lowest BCUT2D eigenvalue weighted by Crippen LogP contribution is -2.26. The van der Waals surface area contributed by atoms with E-state index in [2.05, 4.69) is 4.98 Å². The molecule has 1 aromatic heterocycles. The van der Waals surface area contributed by atoms with E-state index < -0.39 is 11.4 Å². The third-order valence-electron chi connectivity index (χ3n) is 2.46. The SMILES string of the molecule is Cc1nc(N)sc1[S+]([O-])N(C)Cc1ccccc1. The van der Waals surface area contributed by atoms with Gasteiger partial charge >= 0.3 is 0 Å². The van der Waals surface area contributed by atoms with Crippen LogP contribution < -0.4 is 5.73 Å². The van der Waals surface area contributed by atoms with Gasteiger partial charge in [-0.25, -0.2) is 4.98 Å². The predicted molar refractivity (Wildman–Crippen MR) is 75.6 cm³/mol. The van der Waals surface area contributed by atoms with E-state index in [1.807, 2.05) is 44.3 Å². The van der Waals surface area contributed by atoms with Crippen molar-refractivity contribution in [1.82, 2.24) is 9.29 Å². The van der Waals surface area contributed by atoms with Crippen LogP contribution in [0.1, 0.15) is 11.3 Å². The Balaban J connectivity index is 2.09. The summed E-state index contributed by atoms with van der Waals surface area (Å²) in [6, 6.07) is 9.95. The lowest BCUT2D eigenvalue weighted by Gasteiger charge is -2.18. The van der Waals surface area contributed by atoms with Crippen molar-refractivity contribution >= 4 is 27.8 Å². The highest BCUT2D eigenvalue weighted by atomic mass is 32.2. The summed E-state index contributed by atoms with van der Waals surface area (Å²) >= 11 is 0.0762. The number of aryl methyl sites for hydroxylation is 1. The van der Waals surface area contributed by atoms with Crippen LogP contribution in [0.4, 0.5) is 5.13 Å². The number of nitrogens with two attached hydrogens (primary N) is 1. The Kier molecular flexibility index (Phi) is 4.23. The van der Waals surface area contributed by atoms with Crippen molar-refractivity contribution in [2.75, 3.05) is 12.8 Å². The minimum absolute atomic E-state index is 0.462. The molecule has 0 aliphatic carbocycles. The summed E-state index contributed by atoms with van der Waals surface area (Å²) in [4.78, 5) is 4.10. The third kappa shape index (κ3) is 3.02. The van der Waals surface area contributed by atoms with Gasteiger partial charge in [-0.15, -0.1) is 4.31 Å². The second-order valence-electron chi connectivity index (χ2n) is 3.95. The van der Waals surface area contributed by atoms with E-state index in [0.29, 0.717) is 11.7 Å². The molecule has 1 heterocycles. The maximum absolute atomic E-state index is 12.3. The molecule has 96 valence electrons. The lowest BCUT2D eigenvalue weighted by molar-refractivity contribution is 0.467. The fourth-order valence-electron chi connectivity index (χ4n) is 1.61. The molecule has 2 N–H and O–H groups in total. The van der Waals surface area contributed by atoms with Gasteiger partial charge < -0.3 is 10.3 Å². The van der Waals surface area contributed by atoms with E-state index in [1.165, 1.54) is 11.3 Å². The number of nitrogen functional groups attached to an aromatic ring is 1. The molecule has 0 radical (unpaired) electrons. The molecule has 6 heteroatoms. The summed E-state index contributed by atoms with van der Waals surface area (Å²) in [6.45, 7) is 2.46. The fraction of sp³-hybridized carbons (Fsp3) is 0.250. The lowest BCUT2D eigenvalue weighted by atomic mass is 10.2. The molecule has 0 spiro atoms. The second-order valence-corrected chi connectivity index (χ2v) is 6.76. The van der Waals surface area contributed by atoms with E-state index in [-0.39, 0.29) is 0 Å². The van der Waals surface area contributed by atoms with E-state index in [4.69, 9.17) is 5.73 Å². The van der Waals surface area contributed by atoms with Gasteiger partial charge in [-0.2, -0.15) is 0 Å². The molecule has 18 heavy (non-hydrogen) atoms. The molecule has 0 saturated heterocycles. The van der Waals surface area contributed by atoms with Crippen LogP contribution in [0, 0.1) is 6.92 Å². The van der Waals surface area contributed by atoms with E-state index in [0.717, 1.165) is 15.5 Å². The van der Waals surface area contributed by atoms with Crippen LogP contribution >= 0.6 is 11.3 Å². The summed E-state index contributed by atoms with van der Waals surface area (Å²) in [5, 5.41) is 0.462. The zero-order valence-corrected chi connectivity index (χ0v) is 11.9. The molecule has 1 unspecified atom stereocenters. The molecule has 0 aliphatic rings. The Bertz CT molecular complexity index is 515. The molecular formula is C12H15N3OS2. The number of aromatic nitrogens is 1. The fourth-order valence-corrected chi connectivity index (χ4v) is 3.94. The summed E-state index contributed by atoms with van der Waals surface area (Å²) in [6.07, 6.45) is 0. The standard InChI is InChI=1S/C12H15N3OS2/c1-9-11(17-12(13)14-9)18(16)15(2)8-10-6-4-3-5-7-10/h3-7H,8H2,1-2H3,(H2,13,14). The highest BCUT2D eigenvalue weighted by Crippen LogP contribution is 2.27. The van der Waals surface area contributed by atoms with Crippen LogP contribution in [0.5, 0.6) is 0 Å². The molecule has 0 fully saturated rings. The maximum atomic E-state index is 12.3. The number of hydrogen-bond donors (Lipinski definition) is 1. The van der Waals surface area contributed by atoms with Crippen LogP contribution in [0.2, 0.25) is 0 Å². The molecule has 0 amide bonds. The minimum Gasteiger partial charge on any atom is -0.592 e. The first-order chi connectivity index (χ1) is 8.58. The topological polar surface area (TPSA) is 65.2 Å². The summed E-state index contributed by atoms with van der Waals surface area (Å²) in [7, 11) is 1.83. The van der Waals surface area contributed by atoms with Crippen LogP contribution in [-0.2, 0) is 17.9 Å². The van der Waals surface area contributed by atoms with Gasteiger partial charge in [-0.3, -0.25) is 0 Å². The van der Waals surface area contributed by atoms with Gasteiger partial charge in [-0.05, 0) is 23.8 Å². The summed E-state index contributed by atoms with van der Waals surface area (Å²) < 4.78 is 14.8. The van der Waals surface area contributed by atoms with E-state index >= 15 is 0 Å². The van der Waals surface area contributed by atoms with Crippen molar-refractivity contribution in [1.29, 1.82) is 0 Å². The molecule has 1 atom stereocenters. The first kappa shape index (κ1) is 13.4. The molecule has 1 aromatic carbocycles. The molecule has 2 aromatic rings. The monoisotopic (exact) mass is 281 g/mol. The predicted octanol–water partition coefficient (Wildman–Crippen LogP) is 2.19. The highest BCUT2D eigenvalue weighted by Gasteiger charge is 2.24. The Morgan fingerprint density at radius 2 is 2.06 bits per heavy atom. The van der Waals surface area contributed by atoms with Crippen LogP contribution in [0.15, 0.2) is 34.5 Å². The first-order valence-corrected chi connectivity index (χ1v) is 7.40. The number of rotatable bonds is 4. The molecule has 0 saturated carbocycles. The van der Waals surface area contributed by atoms with E-state index in [1.54, 1.807) is 4.31 Å². The average Bonchev–Trinajstić information content (AvgIpc) is 2.68. The number of thiazole rings is 1. The maximum Gasteiger partial charge on any atom is 0.252 e. The van der Waals surface area contributed by atoms with E-state index in [9.17, 15) is 4.55 Å². The van der Waals surface area contributed by atoms with Crippen molar-refractivity contribution in [2.45, 2.75) is 17.7 Å². The normalized spacial score (nSPS) is 12.9. The van der Waals surface area contributed by atoms with Crippen LogP contribution in [0.3, 0.4) is 0 Å². The van der Waals surface area contributed by atoms with Gasteiger partial charge in [0.2, 0.25) is 0 Å². The third-order valence-corrected chi connectivity index (χ3v) is 5.23. The summed E-state index contributed by atoms with van der Waals surface area (Å²) in [5.41, 5.74) is 7.50. The van der Waals surface area contributed by atoms with Crippen molar-refractivity contribution in [3.8, 4) is 0 Å². The zero-order valence-electron chi connectivity index (χ0n) is 10.3. The summed E-state index contributed by atoms with van der Waals surface area (Å²) in [5.74, 6) is 0. The van der Waals surface area contributed by atoms with Crippen molar-refractivity contribution in [3.05, 3.63) is 41.6 Å². The van der Waals surface area contributed by atoms with Gasteiger partial charge in [-0.1, -0.05) is 30.3 Å². The van der Waals surface area contributed by atoms with Gasteiger partial charge in [0, 0.05) is 7.05 Å². The molecular weight excluding hydrogens is 266 g/mol. The molecule has 0 aliphatic heterocycles. The molecule has 4 nitrogen and oxygen atoms in total. The van der Waals surface area contributed by atoms with Crippen molar-refractivity contribution in [3.63, 3.8) is 0 Å². The average molecular weight is 281 g/mol. The van der Waals surface area contributed by atoms with Crippen molar-refractivity contribution in [2.24, 2.45) is 0 Å². The Morgan fingerprint density at radius 3 is 2.61 bits per heavy atom. The van der Waals surface area contributed by atoms with Gasteiger partial charge in [0.25, 0.3) is 4.21 Å². The quantitative estimate of drug-likeness (QED) is 0.872. The number of hydrogen-bond acceptors (Lipinski definition) is 5. The Labute approximate surface area is 114 Å². The van der Waals surface area contributed by atoms with Gasteiger partial charge in [0.1, 0.15) is 5.69 Å².